The minimum absolute atomic E-state index is 0.299. The minimum atomic E-state index is -4.33. The van der Waals surface area contributed by atoms with Crippen LogP contribution in [-0.2, 0) is 12.6 Å². The molecule has 22 heavy (non-hydrogen) atoms. The minimum Gasteiger partial charge on any atom is -0.370 e. The van der Waals surface area contributed by atoms with Crippen molar-refractivity contribution in [3.63, 3.8) is 0 Å². The lowest BCUT2D eigenvalue weighted by Crippen LogP contribution is -2.11. The zero-order valence-electron chi connectivity index (χ0n) is 11.8. The molecule has 2 aliphatic rings. The van der Waals surface area contributed by atoms with Crippen molar-refractivity contribution in [1.29, 1.82) is 0 Å². The van der Waals surface area contributed by atoms with Crippen LogP contribution in [0.2, 0.25) is 0 Å². The predicted molar refractivity (Wildman–Crippen MR) is 77.6 cm³/mol. The molecule has 1 aromatic carbocycles. The Morgan fingerprint density at radius 3 is 2.82 bits per heavy atom. The van der Waals surface area contributed by atoms with Gasteiger partial charge in [-0.2, -0.15) is 13.2 Å². The number of nitrogens with zero attached hydrogens (tertiary/aromatic N) is 1. The van der Waals surface area contributed by atoms with E-state index < -0.39 is 11.7 Å². The van der Waals surface area contributed by atoms with Crippen LogP contribution in [0.15, 0.2) is 42.6 Å². The van der Waals surface area contributed by atoms with Gasteiger partial charge >= 0.3 is 6.18 Å². The van der Waals surface area contributed by atoms with E-state index in [9.17, 15) is 13.2 Å². The second-order valence-electron chi connectivity index (χ2n) is 6.06. The van der Waals surface area contributed by atoms with E-state index in [1.807, 2.05) is 0 Å². The van der Waals surface area contributed by atoms with Crippen molar-refractivity contribution in [1.82, 2.24) is 4.98 Å². The highest BCUT2D eigenvalue weighted by molar-refractivity contribution is 5.45. The molecule has 0 bridgehead atoms. The van der Waals surface area contributed by atoms with Crippen molar-refractivity contribution in [2.24, 2.45) is 11.8 Å². The fraction of sp³-hybridized carbons (Fsp3) is 0.353. The van der Waals surface area contributed by atoms with Crippen LogP contribution in [0.1, 0.15) is 22.6 Å². The zero-order chi connectivity index (χ0) is 15.3. The lowest BCUT2D eigenvalue weighted by Gasteiger charge is -2.11. The maximum atomic E-state index is 12.7. The van der Waals surface area contributed by atoms with Crippen LogP contribution in [0, 0.1) is 11.8 Å². The number of pyridine rings is 1. The van der Waals surface area contributed by atoms with E-state index in [2.05, 4.69) is 34.6 Å². The largest absolute Gasteiger partial charge is 0.416 e. The summed E-state index contributed by atoms with van der Waals surface area (Å²) >= 11 is 0. The summed E-state index contributed by atoms with van der Waals surface area (Å²) in [6.07, 6.45) is -2.04. The summed E-state index contributed by atoms with van der Waals surface area (Å²) in [6, 6.07) is 10.5. The standard InChI is InChI=1S/C17H15F3N2/c18-17(19,20)11-5-6-21-15(8-11)22-9-14-13-7-10-3-1-2-4-12(10)16(13)14/h1-6,8,13-14,16H,7,9H2,(H,21,22). The van der Waals surface area contributed by atoms with Crippen molar-refractivity contribution < 1.29 is 13.2 Å². The second kappa shape index (κ2) is 4.73. The maximum absolute atomic E-state index is 12.7. The summed E-state index contributed by atoms with van der Waals surface area (Å²) in [4.78, 5) is 3.98. The van der Waals surface area contributed by atoms with Crippen LogP contribution < -0.4 is 5.32 Å². The van der Waals surface area contributed by atoms with Gasteiger partial charge in [-0.15, -0.1) is 0 Å². The lowest BCUT2D eigenvalue weighted by atomic mass is 10.0. The van der Waals surface area contributed by atoms with Gasteiger partial charge in [0.15, 0.2) is 0 Å². The number of rotatable bonds is 3. The third-order valence-corrected chi connectivity index (χ3v) is 4.81. The van der Waals surface area contributed by atoms with Gasteiger partial charge in [0, 0.05) is 12.7 Å². The molecule has 4 rings (SSSR count). The second-order valence-corrected chi connectivity index (χ2v) is 6.06. The number of hydrogen-bond acceptors (Lipinski definition) is 2. The third kappa shape index (κ3) is 2.25. The van der Waals surface area contributed by atoms with Crippen LogP contribution in [0.4, 0.5) is 19.0 Å². The van der Waals surface area contributed by atoms with E-state index in [0.29, 0.717) is 30.1 Å². The molecule has 2 aliphatic carbocycles. The van der Waals surface area contributed by atoms with Crippen molar-refractivity contribution >= 4 is 5.82 Å². The van der Waals surface area contributed by atoms with Gasteiger partial charge < -0.3 is 5.32 Å². The van der Waals surface area contributed by atoms with E-state index >= 15 is 0 Å². The third-order valence-electron chi connectivity index (χ3n) is 4.81. The first-order chi connectivity index (χ1) is 10.5. The molecule has 0 aliphatic heterocycles. The predicted octanol–water partition coefficient (Wildman–Crippen LogP) is 4.10. The molecule has 0 saturated heterocycles. The number of benzene rings is 1. The Morgan fingerprint density at radius 2 is 2.00 bits per heavy atom. The average molecular weight is 304 g/mol. The zero-order valence-corrected chi connectivity index (χ0v) is 11.8. The summed E-state index contributed by atoms with van der Waals surface area (Å²) in [5.41, 5.74) is 2.17. The normalized spacial score (nSPS) is 25.5. The van der Waals surface area contributed by atoms with E-state index in [-0.39, 0.29) is 0 Å². The lowest BCUT2D eigenvalue weighted by molar-refractivity contribution is -0.137. The Morgan fingerprint density at radius 1 is 1.18 bits per heavy atom. The fourth-order valence-electron chi connectivity index (χ4n) is 3.69. The number of aromatic nitrogens is 1. The van der Waals surface area contributed by atoms with Crippen molar-refractivity contribution in [3.8, 4) is 0 Å². The topological polar surface area (TPSA) is 24.9 Å². The molecular weight excluding hydrogens is 289 g/mol. The molecule has 114 valence electrons. The molecule has 0 amide bonds. The van der Waals surface area contributed by atoms with Gasteiger partial charge in [-0.25, -0.2) is 4.98 Å². The van der Waals surface area contributed by atoms with Crippen LogP contribution in [0.5, 0.6) is 0 Å². The summed E-state index contributed by atoms with van der Waals surface area (Å²) in [7, 11) is 0. The Hall–Kier alpha value is -2.04. The van der Waals surface area contributed by atoms with Gasteiger partial charge in [-0.1, -0.05) is 24.3 Å². The molecule has 3 atom stereocenters. The molecule has 1 aromatic heterocycles. The Balaban J connectivity index is 1.42. The number of alkyl halides is 3. The van der Waals surface area contributed by atoms with Gasteiger partial charge in [-0.05, 0) is 47.4 Å². The summed E-state index contributed by atoms with van der Waals surface area (Å²) < 4.78 is 38.0. The SMILES string of the molecule is FC(F)(F)c1ccnc(NCC2C3Cc4ccccc4C23)c1. The Bertz CT molecular complexity index is 711. The molecule has 2 aromatic rings. The molecule has 0 radical (unpaired) electrons. The van der Waals surface area contributed by atoms with Crippen molar-refractivity contribution in [2.45, 2.75) is 18.5 Å². The Labute approximate surface area is 126 Å². The molecule has 1 N–H and O–H groups in total. The highest BCUT2D eigenvalue weighted by Crippen LogP contribution is 2.61. The highest BCUT2D eigenvalue weighted by atomic mass is 19.4. The first-order valence-corrected chi connectivity index (χ1v) is 7.39. The highest BCUT2D eigenvalue weighted by Gasteiger charge is 2.54. The molecule has 1 heterocycles. The first kappa shape index (κ1) is 13.6. The summed E-state index contributed by atoms with van der Waals surface area (Å²) in [5, 5.41) is 3.07. The van der Waals surface area contributed by atoms with Crippen molar-refractivity contribution in [2.75, 3.05) is 11.9 Å². The number of nitrogens with one attached hydrogen (secondary N) is 1. The van der Waals surface area contributed by atoms with Gasteiger partial charge in [-0.3, -0.25) is 0 Å². The molecule has 0 spiro atoms. The summed E-state index contributed by atoms with van der Waals surface area (Å²) in [6.45, 7) is 0.679. The first-order valence-electron chi connectivity index (χ1n) is 7.39. The molecular formula is C17H15F3N2. The monoisotopic (exact) mass is 304 g/mol. The van der Waals surface area contributed by atoms with Gasteiger partial charge in [0.1, 0.15) is 5.82 Å². The number of fused-ring (bicyclic) bond motifs is 3. The van der Waals surface area contributed by atoms with Crippen LogP contribution in [0.3, 0.4) is 0 Å². The molecule has 2 nitrogen and oxygen atoms in total. The molecule has 1 saturated carbocycles. The average Bonchev–Trinajstić information content (AvgIpc) is 3.03. The Kier molecular flexibility index (Phi) is 2.93. The smallest absolute Gasteiger partial charge is 0.370 e. The molecule has 1 fully saturated rings. The van der Waals surface area contributed by atoms with E-state index in [1.54, 1.807) is 0 Å². The van der Waals surface area contributed by atoms with Crippen molar-refractivity contribution in [3.05, 3.63) is 59.3 Å². The van der Waals surface area contributed by atoms with E-state index in [1.165, 1.54) is 17.3 Å². The van der Waals surface area contributed by atoms with Gasteiger partial charge in [0.05, 0.1) is 5.56 Å². The number of halogens is 3. The quantitative estimate of drug-likeness (QED) is 0.923. The maximum Gasteiger partial charge on any atom is 0.416 e. The van der Waals surface area contributed by atoms with E-state index in [0.717, 1.165) is 18.6 Å². The number of anilines is 1. The van der Waals surface area contributed by atoms with Gasteiger partial charge in [0.25, 0.3) is 0 Å². The molecule has 5 heteroatoms. The summed E-state index contributed by atoms with van der Waals surface area (Å²) in [5.74, 6) is 2.00. The van der Waals surface area contributed by atoms with Crippen LogP contribution in [-0.4, -0.2) is 11.5 Å². The van der Waals surface area contributed by atoms with Crippen LogP contribution >= 0.6 is 0 Å². The van der Waals surface area contributed by atoms with Crippen LogP contribution in [0.25, 0.3) is 0 Å². The fourth-order valence-corrected chi connectivity index (χ4v) is 3.69. The number of hydrogen-bond donors (Lipinski definition) is 1. The van der Waals surface area contributed by atoms with Gasteiger partial charge in [0.2, 0.25) is 0 Å². The van der Waals surface area contributed by atoms with E-state index in [4.69, 9.17) is 0 Å². The molecule has 3 unspecified atom stereocenters.